The molecule has 25 heavy (non-hydrogen) atoms. The molecule has 0 aromatic heterocycles. The van der Waals surface area contributed by atoms with Gasteiger partial charge in [0.15, 0.2) is 39.7 Å². The quantitative estimate of drug-likeness (QED) is 0.433. The van der Waals surface area contributed by atoms with E-state index in [1.165, 1.54) is 26.4 Å². The lowest BCUT2D eigenvalue weighted by atomic mass is 10.3. The Labute approximate surface area is 148 Å². The fourth-order valence-corrected chi connectivity index (χ4v) is 3.47. The summed E-state index contributed by atoms with van der Waals surface area (Å²) < 4.78 is 89.9. The number of methoxy groups -OCH3 is 2. The summed E-state index contributed by atoms with van der Waals surface area (Å²) in [5.74, 6) is -7.46. The van der Waals surface area contributed by atoms with Crippen LogP contribution in [0.5, 0.6) is 11.5 Å². The van der Waals surface area contributed by atoms with Crippen LogP contribution in [0.3, 0.4) is 0 Å². The second-order valence-corrected chi connectivity index (χ2v) is 6.99. The molecule has 0 radical (unpaired) electrons. The summed E-state index contributed by atoms with van der Waals surface area (Å²) in [5.41, 5.74) is -0.166. The van der Waals surface area contributed by atoms with E-state index in [9.17, 15) is 26.0 Å². The first kappa shape index (κ1) is 19.3. The summed E-state index contributed by atoms with van der Waals surface area (Å²) in [6.07, 6.45) is 0. The van der Waals surface area contributed by atoms with Crippen molar-refractivity contribution < 1.29 is 35.5 Å². The van der Waals surface area contributed by atoms with Crippen molar-refractivity contribution in [2.75, 3.05) is 18.9 Å². The van der Waals surface area contributed by atoms with E-state index in [0.29, 0.717) is 0 Å². The van der Waals surface area contributed by atoms with Crippen LogP contribution in [-0.2, 0) is 10.0 Å². The lowest BCUT2D eigenvalue weighted by Gasteiger charge is -2.13. The van der Waals surface area contributed by atoms with E-state index in [-0.39, 0.29) is 17.2 Å². The third-order valence-corrected chi connectivity index (χ3v) is 5.17. The van der Waals surface area contributed by atoms with Crippen molar-refractivity contribution in [1.29, 1.82) is 0 Å². The van der Waals surface area contributed by atoms with Crippen LogP contribution in [0.4, 0.5) is 23.2 Å². The van der Waals surface area contributed by atoms with Crippen molar-refractivity contribution in [3.05, 3.63) is 45.9 Å². The Morgan fingerprint density at radius 1 is 0.920 bits per heavy atom. The van der Waals surface area contributed by atoms with Gasteiger partial charge in [-0.2, -0.15) is 0 Å². The highest BCUT2D eigenvalue weighted by molar-refractivity contribution is 9.10. The smallest absolute Gasteiger partial charge is 0.267 e. The van der Waals surface area contributed by atoms with Gasteiger partial charge in [-0.3, -0.25) is 4.72 Å². The Morgan fingerprint density at radius 2 is 1.44 bits per heavy atom. The molecular formula is C14H10BrF4NO4S. The van der Waals surface area contributed by atoms with E-state index >= 15 is 0 Å². The molecule has 0 fully saturated rings. The van der Waals surface area contributed by atoms with E-state index in [4.69, 9.17) is 9.47 Å². The number of nitrogens with one attached hydrogen (secondary N) is 1. The monoisotopic (exact) mass is 443 g/mol. The standard InChI is InChI=1S/C14H10BrF4NO4S/c1-23-7-4-3-6(5-8(7)24-2)20-25(21,22)14-12(18)10(16)9(15)11(17)13(14)19/h3-5,20H,1-2H3. The highest BCUT2D eigenvalue weighted by Gasteiger charge is 2.32. The fourth-order valence-electron chi connectivity index (χ4n) is 1.93. The van der Waals surface area contributed by atoms with Gasteiger partial charge >= 0.3 is 0 Å². The number of halogens is 5. The zero-order chi connectivity index (χ0) is 18.9. The maximum atomic E-state index is 13.9. The molecule has 0 heterocycles. The minimum atomic E-state index is -4.98. The summed E-state index contributed by atoms with van der Waals surface area (Å²) >= 11 is 2.31. The Balaban J connectivity index is 2.55. The average Bonchev–Trinajstić information content (AvgIpc) is 2.57. The van der Waals surface area contributed by atoms with Gasteiger partial charge in [-0.1, -0.05) is 0 Å². The molecule has 11 heteroatoms. The SMILES string of the molecule is COc1ccc(NS(=O)(=O)c2c(F)c(F)c(Br)c(F)c2F)cc1OC. The molecule has 0 aliphatic heterocycles. The predicted octanol–water partition coefficient (Wildman–Crippen LogP) is 3.82. The molecule has 0 saturated carbocycles. The van der Waals surface area contributed by atoms with Gasteiger partial charge in [0.2, 0.25) is 0 Å². The number of benzene rings is 2. The highest BCUT2D eigenvalue weighted by atomic mass is 79.9. The number of ether oxygens (including phenoxy) is 2. The normalized spacial score (nSPS) is 11.3. The first-order valence-corrected chi connectivity index (χ1v) is 8.68. The molecule has 0 atom stereocenters. The first-order chi connectivity index (χ1) is 11.6. The van der Waals surface area contributed by atoms with Gasteiger partial charge in [-0.25, -0.2) is 26.0 Å². The Kier molecular flexibility index (Phi) is 5.47. The Morgan fingerprint density at radius 3 is 1.92 bits per heavy atom. The molecule has 2 rings (SSSR count). The van der Waals surface area contributed by atoms with Gasteiger partial charge in [-0.05, 0) is 28.1 Å². The molecule has 0 saturated heterocycles. The molecule has 1 N–H and O–H groups in total. The van der Waals surface area contributed by atoms with Crippen LogP contribution < -0.4 is 14.2 Å². The molecule has 0 bridgehead atoms. The topological polar surface area (TPSA) is 64.6 Å². The van der Waals surface area contributed by atoms with Crippen molar-refractivity contribution in [1.82, 2.24) is 0 Å². The third kappa shape index (κ3) is 3.52. The lowest BCUT2D eigenvalue weighted by Crippen LogP contribution is -2.19. The van der Waals surface area contributed by atoms with Crippen LogP contribution in [0.25, 0.3) is 0 Å². The number of hydrogen-bond acceptors (Lipinski definition) is 4. The van der Waals surface area contributed by atoms with E-state index in [1.807, 2.05) is 4.72 Å². The average molecular weight is 444 g/mol. The molecule has 0 aliphatic rings. The zero-order valence-electron chi connectivity index (χ0n) is 12.7. The van der Waals surface area contributed by atoms with Crippen molar-refractivity contribution >= 4 is 31.6 Å². The lowest BCUT2D eigenvalue weighted by molar-refractivity contribution is 0.355. The summed E-state index contributed by atoms with van der Waals surface area (Å²) in [6, 6.07) is 3.70. The largest absolute Gasteiger partial charge is 0.493 e. The molecule has 5 nitrogen and oxygen atoms in total. The van der Waals surface area contributed by atoms with Crippen LogP contribution in [0.2, 0.25) is 0 Å². The van der Waals surface area contributed by atoms with Gasteiger partial charge in [0.25, 0.3) is 10.0 Å². The Hall–Kier alpha value is -2.01. The van der Waals surface area contributed by atoms with Gasteiger partial charge in [0, 0.05) is 6.07 Å². The number of rotatable bonds is 5. The van der Waals surface area contributed by atoms with Crippen molar-refractivity contribution in [2.45, 2.75) is 4.90 Å². The minimum Gasteiger partial charge on any atom is -0.493 e. The van der Waals surface area contributed by atoms with E-state index in [0.717, 1.165) is 6.07 Å². The summed E-state index contributed by atoms with van der Waals surface area (Å²) in [6.45, 7) is 0. The molecule has 0 spiro atoms. The number of anilines is 1. The predicted molar refractivity (Wildman–Crippen MR) is 84.3 cm³/mol. The number of sulfonamides is 1. The van der Waals surface area contributed by atoms with Crippen LogP contribution in [0.1, 0.15) is 0 Å². The van der Waals surface area contributed by atoms with E-state index < -0.39 is 42.7 Å². The molecule has 2 aromatic carbocycles. The van der Waals surface area contributed by atoms with Gasteiger partial charge in [0.1, 0.15) is 0 Å². The van der Waals surface area contributed by atoms with Crippen molar-refractivity contribution in [2.24, 2.45) is 0 Å². The third-order valence-electron chi connectivity index (χ3n) is 3.07. The second kappa shape index (κ2) is 7.08. The van der Waals surface area contributed by atoms with Crippen LogP contribution in [0, 0.1) is 23.3 Å². The molecule has 0 aliphatic carbocycles. The molecule has 0 unspecified atom stereocenters. The maximum Gasteiger partial charge on any atom is 0.267 e. The van der Waals surface area contributed by atoms with E-state index in [1.54, 1.807) is 0 Å². The summed E-state index contributed by atoms with van der Waals surface area (Å²) in [5, 5.41) is 0. The van der Waals surface area contributed by atoms with Crippen molar-refractivity contribution in [3.63, 3.8) is 0 Å². The maximum absolute atomic E-state index is 13.9. The zero-order valence-corrected chi connectivity index (χ0v) is 15.1. The van der Waals surface area contributed by atoms with Gasteiger partial charge in [-0.15, -0.1) is 0 Å². The van der Waals surface area contributed by atoms with E-state index in [2.05, 4.69) is 15.9 Å². The van der Waals surface area contributed by atoms with Crippen LogP contribution in [0.15, 0.2) is 27.6 Å². The molecule has 0 amide bonds. The molecular weight excluding hydrogens is 434 g/mol. The molecule has 2 aromatic rings. The summed E-state index contributed by atoms with van der Waals surface area (Å²) in [4.78, 5) is -1.78. The minimum absolute atomic E-state index is 0.122. The summed E-state index contributed by atoms with van der Waals surface area (Å²) in [7, 11) is -2.34. The van der Waals surface area contributed by atoms with Gasteiger partial charge < -0.3 is 9.47 Å². The number of hydrogen-bond donors (Lipinski definition) is 1. The van der Waals surface area contributed by atoms with Gasteiger partial charge in [0.05, 0.1) is 24.4 Å². The molecule has 136 valence electrons. The fraction of sp³-hybridized carbons (Fsp3) is 0.143. The van der Waals surface area contributed by atoms with Crippen LogP contribution in [-0.4, -0.2) is 22.6 Å². The van der Waals surface area contributed by atoms with Crippen LogP contribution >= 0.6 is 15.9 Å². The highest BCUT2D eigenvalue weighted by Crippen LogP contribution is 2.34. The second-order valence-electron chi connectivity index (χ2n) is 4.57. The van der Waals surface area contributed by atoms with Crippen molar-refractivity contribution in [3.8, 4) is 11.5 Å². The Bertz CT molecular complexity index is 908. The first-order valence-electron chi connectivity index (χ1n) is 6.40.